The normalized spacial score (nSPS) is 14.2. The van der Waals surface area contributed by atoms with Crippen molar-refractivity contribution in [2.24, 2.45) is 0 Å². The molecule has 0 aliphatic carbocycles. The number of nitrogens with one attached hydrogen (secondary N) is 1. The number of methoxy groups -OCH3 is 2. The van der Waals surface area contributed by atoms with Crippen LogP contribution in [0.2, 0.25) is 0 Å². The fourth-order valence-electron chi connectivity index (χ4n) is 4.34. The van der Waals surface area contributed by atoms with Crippen LogP contribution in [0.5, 0.6) is 17.2 Å². The zero-order chi connectivity index (χ0) is 24.9. The van der Waals surface area contributed by atoms with E-state index in [0.29, 0.717) is 23.9 Å². The first-order valence-corrected chi connectivity index (χ1v) is 11.8. The first-order valence-electron chi connectivity index (χ1n) is 11.8. The van der Waals surface area contributed by atoms with Gasteiger partial charge < -0.3 is 28.7 Å². The number of hydrogen-bond donors (Lipinski definition) is 1. The minimum atomic E-state index is -0.777. The van der Waals surface area contributed by atoms with E-state index < -0.39 is 6.16 Å². The third-order valence-electron chi connectivity index (χ3n) is 6.18. The summed E-state index contributed by atoms with van der Waals surface area (Å²) in [5.41, 5.74) is 3.18. The van der Waals surface area contributed by atoms with Gasteiger partial charge >= 0.3 is 6.16 Å². The molecule has 4 aromatic rings. The largest absolute Gasteiger partial charge is 0.513 e. The summed E-state index contributed by atoms with van der Waals surface area (Å²) >= 11 is 0. The van der Waals surface area contributed by atoms with Crippen molar-refractivity contribution in [2.45, 2.75) is 6.42 Å². The number of nitrogens with zero attached hydrogens (tertiary/aromatic N) is 3. The maximum absolute atomic E-state index is 11.6. The van der Waals surface area contributed by atoms with Crippen molar-refractivity contribution in [1.29, 1.82) is 0 Å². The van der Waals surface area contributed by atoms with E-state index in [0.717, 1.165) is 72.3 Å². The van der Waals surface area contributed by atoms with Crippen LogP contribution in [0, 0.1) is 0 Å². The molecule has 2 aromatic heterocycles. The summed E-state index contributed by atoms with van der Waals surface area (Å²) in [7, 11) is 2.89. The molecule has 3 heterocycles. The highest BCUT2D eigenvalue weighted by Gasteiger charge is 2.17. The van der Waals surface area contributed by atoms with Crippen LogP contribution in [0.4, 0.5) is 4.79 Å². The molecule has 5 rings (SSSR count). The predicted molar refractivity (Wildman–Crippen MR) is 134 cm³/mol. The maximum Gasteiger partial charge on any atom is 0.513 e. The van der Waals surface area contributed by atoms with Crippen molar-refractivity contribution in [1.82, 2.24) is 19.9 Å². The Labute approximate surface area is 208 Å². The van der Waals surface area contributed by atoms with Crippen molar-refractivity contribution in [3.63, 3.8) is 0 Å². The molecule has 10 nitrogen and oxygen atoms in total. The van der Waals surface area contributed by atoms with E-state index in [-0.39, 0.29) is 0 Å². The molecule has 0 radical (unpaired) electrons. The SMILES string of the molecule is COC(=O)Oc1ccc2[nH]cc(-c3ncnc4cc(OCCCN5CCOCC5)c(OC)cc34)c2c1. The number of benzene rings is 2. The number of morpholine rings is 1. The van der Waals surface area contributed by atoms with Crippen LogP contribution in [-0.4, -0.2) is 79.7 Å². The van der Waals surface area contributed by atoms with Gasteiger partial charge in [-0.3, -0.25) is 4.90 Å². The lowest BCUT2D eigenvalue weighted by molar-refractivity contribution is 0.0357. The molecule has 0 amide bonds. The molecule has 0 saturated carbocycles. The highest BCUT2D eigenvalue weighted by molar-refractivity contribution is 6.03. The molecule has 10 heteroatoms. The predicted octanol–water partition coefficient (Wildman–Crippen LogP) is 4.03. The van der Waals surface area contributed by atoms with Gasteiger partial charge in [0.25, 0.3) is 0 Å². The Balaban J connectivity index is 1.41. The summed E-state index contributed by atoms with van der Waals surface area (Å²) in [4.78, 5) is 26.2. The van der Waals surface area contributed by atoms with E-state index >= 15 is 0 Å². The third kappa shape index (κ3) is 5.05. The highest BCUT2D eigenvalue weighted by atomic mass is 16.7. The molecule has 1 aliphatic heterocycles. The lowest BCUT2D eigenvalue weighted by Gasteiger charge is -2.26. The first kappa shape index (κ1) is 23.8. The molecule has 0 atom stereocenters. The lowest BCUT2D eigenvalue weighted by Crippen LogP contribution is -2.37. The zero-order valence-corrected chi connectivity index (χ0v) is 20.3. The van der Waals surface area contributed by atoms with Gasteiger partial charge in [-0.25, -0.2) is 14.8 Å². The average Bonchev–Trinajstić information content (AvgIpc) is 3.33. The van der Waals surface area contributed by atoms with E-state index in [1.54, 1.807) is 19.2 Å². The molecular weight excluding hydrogens is 464 g/mol. The van der Waals surface area contributed by atoms with Crippen LogP contribution in [0.1, 0.15) is 6.42 Å². The summed E-state index contributed by atoms with van der Waals surface area (Å²) in [6.07, 6.45) is 3.53. The zero-order valence-electron chi connectivity index (χ0n) is 20.3. The average molecular weight is 493 g/mol. The van der Waals surface area contributed by atoms with Crippen LogP contribution in [-0.2, 0) is 9.47 Å². The third-order valence-corrected chi connectivity index (χ3v) is 6.18. The molecule has 0 bridgehead atoms. The fourth-order valence-corrected chi connectivity index (χ4v) is 4.34. The number of H-pyrrole nitrogens is 1. The maximum atomic E-state index is 11.6. The fraction of sp³-hybridized carbons (Fsp3) is 0.346. The van der Waals surface area contributed by atoms with E-state index in [1.165, 1.54) is 13.4 Å². The van der Waals surface area contributed by atoms with Crippen molar-refractivity contribution in [3.05, 3.63) is 42.9 Å². The van der Waals surface area contributed by atoms with Gasteiger partial charge in [0, 0.05) is 53.8 Å². The molecule has 1 N–H and O–H groups in total. The molecule has 1 saturated heterocycles. The monoisotopic (exact) mass is 492 g/mol. The second-order valence-electron chi connectivity index (χ2n) is 8.36. The number of rotatable bonds is 8. The summed E-state index contributed by atoms with van der Waals surface area (Å²) in [5, 5.41) is 1.66. The lowest BCUT2D eigenvalue weighted by atomic mass is 10.0. The Morgan fingerprint density at radius 3 is 2.75 bits per heavy atom. The highest BCUT2D eigenvalue weighted by Crippen LogP contribution is 2.38. The number of fused-ring (bicyclic) bond motifs is 2. The second-order valence-corrected chi connectivity index (χ2v) is 8.36. The van der Waals surface area contributed by atoms with Crippen molar-refractivity contribution in [3.8, 4) is 28.5 Å². The summed E-state index contributed by atoms with van der Waals surface area (Å²) in [6.45, 7) is 5.04. The minimum Gasteiger partial charge on any atom is -0.493 e. The number of carbonyl (C=O) groups is 1. The van der Waals surface area contributed by atoms with Crippen LogP contribution >= 0.6 is 0 Å². The Bertz CT molecular complexity index is 1370. The van der Waals surface area contributed by atoms with Gasteiger partial charge in [0.15, 0.2) is 11.5 Å². The van der Waals surface area contributed by atoms with Crippen LogP contribution in [0.3, 0.4) is 0 Å². The smallest absolute Gasteiger partial charge is 0.493 e. The second kappa shape index (κ2) is 10.8. The Morgan fingerprint density at radius 1 is 1.08 bits per heavy atom. The van der Waals surface area contributed by atoms with E-state index in [9.17, 15) is 4.79 Å². The molecule has 0 spiro atoms. The van der Waals surface area contributed by atoms with Gasteiger partial charge in [-0.15, -0.1) is 0 Å². The molecule has 188 valence electrons. The number of hydrogen-bond acceptors (Lipinski definition) is 9. The van der Waals surface area contributed by atoms with Crippen molar-refractivity contribution < 1.29 is 28.5 Å². The molecule has 1 fully saturated rings. The van der Waals surface area contributed by atoms with Gasteiger partial charge in [-0.05, 0) is 30.7 Å². The Hall–Kier alpha value is -3.89. The summed E-state index contributed by atoms with van der Waals surface area (Å²) in [6, 6.07) is 9.09. The summed E-state index contributed by atoms with van der Waals surface area (Å²) in [5.74, 6) is 1.63. The van der Waals surface area contributed by atoms with Crippen molar-refractivity contribution >= 4 is 28.0 Å². The molecule has 36 heavy (non-hydrogen) atoms. The minimum absolute atomic E-state index is 0.374. The van der Waals surface area contributed by atoms with E-state index in [2.05, 4.69) is 24.6 Å². The molecule has 0 unspecified atom stereocenters. The summed E-state index contributed by atoms with van der Waals surface area (Å²) < 4.78 is 26.9. The quantitative estimate of drug-likeness (QED) is 0.221. The van der Waals surface area contributed by atoms with E-state index in [1.807, 2.05) is 24.4 Å². The Morgan fingerprint density at radius 2 is 1.94 bits per heavy atom. The molecule has 1 aliphatic rings. The van der Waals surface area contributed by atoms with Gasteiger partial charge in [-0.2, -0.15) is 0 Å². The molecule has 2 aromatic carbocycles. The topological polar surface area (TPSA) is 108 Å². The number of carbonyl (C=O) groups excluding carboxylic acids is 1. The van der Waals surface area contributed by atoms with Crippen LogP contribution in [0.25, 0.3) is 33.1 Å². The Kier molecular flexibility index (Phi) is 7.15. The van der Waals surface area contributed by atoms with Gasteiger partial charge in [0.05, 0.1) is 45.3 Å². The number of aromatic amines is 1. The van der Waals surface area contributed by atoms with Gasteiger partial charge in [0.1, 0.15) is 12.1 Å². The number of ether oxygens (including phenoxy) is 5. The number of aromatic nitrogens is 3. The van der Waals surface area contributed by atoms with Gasteiger partial charge in [-0.1, -0.05) is 0 Å². The first-order chi connectivity index (χ1) is 17.7. The van der Waals surface area contributed by atoms with Crippen LogP contribution in [0.15, 0.2) is 42.9 Å². The van der Waals surface area contributed by atoms with Crippen molar-refractivity contribution in [2.75, 3.05) is 53.7 Å². The standard InChI is InChI=1S/C26H28N4O6/c1-32-23-13-19-22(14-24(23)35-9-3-6-30-7-10-34-11-8-30)28-16-29-25(19)20-15-27-21-5-4-17(12-18(20)21)36-26(31)33-2/h4-5,12-16,27H,3,6-11H2,1-2H3. The van der Waals surface area contributed by atoms with Crippen LogP contribution < -0.4 is 14.2 Å². The van der Waals surface area contributed by atoms with E-state index in [4.69, 9.17) is 18.9 Å². The molecular formula is C26H28N4O6. The van der Waals surface area contributed by atoms with Gasteiger partial charge in [0.2, 0.25) is 0 Å².